The number of alkyl halides is 2. The Morgan fingerprint density at radius 3 is 2.52 bits per heavy atom. The van der Waals surface area contributed by atoms with Gasteiger partial charge in [0, 0.05) is 34.8 Å². The highest BCUT2D eigenvalue weighted by Gasteiger charge is 2.08. The highest BCUT2D eigenvalue weighted by Crippen LogP contribution is 2.21. The van der Waals surface area contributed by atoms with E-state index in [1.54, 1.807) is 42.5 Å². The maximum atomic E-state index is 12.4. The van der Waals surface area contributed by atoms with Crippen molar-refractivity contribution in [2.24, 2.45) is 0 Å². The summed E-state index contributed by atoms with van der Waals surface area (Å²) in [6, 6.07) is 13.2. The average Bonchev–Trinajstić information content (AvgIpc) is 2.62. The van der Waals surface area contributed by atoms with E-state index in [0.717, 1.165) is 4.47 Å². The lowest BCUT2D eigenvalue weighted by Crippen LogP contribution is -2.26. The summed E-state index contributed by atoms with van der Waals surface area (Å²) in [6.45, 7) is -2.81. The second-order valence-electron chi connectivity index (χ2n) is 5.35. The van der Waals surface area contributed by atoms with Crippen LogP contribution in [0, 0.1) is 0 Å². The first-order chi connectivity index (χ1) is 12.9. The summed E-state index contributed by atoms with van der Waals surface area (Å²) in [4.78, 5) is 23.6. The first-order valence-electron chi connectivity index (χ1n) is 7.99. The zero-order chi connectivity index (χ0) is 19.6. The normalized spacial score (nSPS) is 10.8. The minimum atomic E-state index is -2.95. The number of benzene rings is 2. The SMILES string of the molecule is O=C(C=Cc1ccccc1OC(F)F)NCCC(=O)Nc1ccc(Br)cc1. The van der Waals surface area contributed by atoms with Gasteiger partial charge in [0.25, 0.3) is 0 Å². The molecule has 0 radical (unpaired) electrons. The lowest BCUT2D eigenvalue weighted by Gasteiger charge is -2.07. The molecule has 0 atom stereocenters. The molecule has 0 aromatic heterocycles. The molecular formula is C19H17BrF2N2O3. The molecule has 2 aromatic rings. The van der Waals surface area contributed by atoms with Crippen LogP contribution in [0.25, 0.3) is 6.08 Å². The molecular weight excluding hydrogens is 422 g/mol. The molecule has 27 heavy (non-hydrogen) atoms. The van der Waals surface area contributed by atoms with Gasteiger partial charge in [-0.25, -0.2) is 0 Å². The molecule has 0 heterocycles. The summed E-state index contributed by atoms with van der Waals surface area (Å²) in [7, 11) is 0. The fourth-order valence-corrected chi connectivity index (χ4v) is 2.37. The third kappa shape index (κ3) is 7.57. The summed E-state index contributed by atoms with van der Waals surface area (Å²) >= 11 is 3.31. The van der Waals surface area contributed by atoms with E-state index in [2.05, 4.69) is 31.3 Å². The molecule has 0 aliphatic rings. The molecule has 0 aliphatic carbocycles. The highest BCUT2D eigenvalue weighted by atomic mass is 79.9. The van der Waals surface area contributed by atoms with Crippen LogP contribution in [0.4, 0.5) is 14.5 Å². The monoisotopic (exact) mass is 438 g/mol. The lowest BCUT2D eigenvalue weighted by molar-refractivity contribution is -0.117. The van der Waals surface area contributed by atoms with Crippen molar-refractivity contribution in [2.75, 3.05) is 11.9 Å². The van der Waals surface area contributed by atoms with Crippen LogP contribution in [0.5, 0.6) is 5.75 Å². The van der Waals surface area contributed by atoms with Gasteiger partial charge >= 0.3 is 6.61 Å². The molecule has 2 amide bonds. The Morgan fingerprint density at radius 2 is 1.81 bits per heavy atom. The molecule has 5 nitrogen and oxygen atoms in total. The van der Waals surface area contributed by atoms with Gasteiger partial charge in [-0.1, -0.05) is 34.1 Å². The van der Waals surface area contributed by atoms with Crippen molar-refractivity contribution >= 4 is 39.5 Å². The summed E-state index contributed by atoms with van der Waals surface area (Å²) in [5.74, 6) is -0.707. The summed E-state index contributed by atoms with van der Waals surface area (Å²) in [6.07, 6.45) is 2.66. The second kappa shape index (κ2) is 10.4. The van der Waals surface area contributed by atoms with Gasteiger partial charge in [0.05, 0.1) is 0 Å². The number of para-hydroxylation sites is 1. The molecule has 142 valence electrons. The summed E-state index contributed by atoms with van der Waals surface area (Å²) in [5.41, 5.74) is 1.01. The third-order valence-corrected chi connectivity index (χ3v) is 3.86. The van der Waals surface area contributed by atoms with E-state index in [-0.39, 0.29) is 24.6 Å². The number of nitrogens with one attached hydrogen (secondary N) is 2. The fourth-order valence-electron chi connectivity index (χ4n) is 2.10. The summed E-state index contributed by atoms with van der Waals surface area (Å²) in [5, 5.41) is 5.27. The molecule has 0 aliphatic heterocycles. The Hall–Kier alpha value is -2.74. The minimum Gasteiger partial charge on any atom is -0.434 e. The van der Waals surface area contributed by atoms with E-state index < -0.39 is 12.5 Å². The third-order valence-electron chi connectivity index (χ3n) is 3.33. The molecule has 0 saturated heterocycles. The van der Waals surface area contributed by atoms with E-state index in [0.29, 0.717) is 11.3 Å². The van der Waals surface area contributed by atoms with Crippen LogP contribution in [0.2, 0.25) is 0 Å². The number of anilines is 1. The van der Waals surface area contributed by atoms with Crippen molar-refractivity contribution in [1.82, 2.24) is 5.32 Å². The Balaban J connectivity index is 1.78. The predicted molar refractivity (Wildman–Crippen MR) is 103 cm³/mol. The number of halogens is 3. The van der Waals surface area contributed by atoms with Crippen LogP contribution in [-0.4, -0.2) is 25.0 Å². The second-order valence-corrected chi connectivity index (χ2v) is 6.26. The topological polar surface area (TPSA) is 67.4 Å². The van der Waals surface area contributed by atoms with Crippen molar-refractivity contribution in [3.8, 4) is 5.75 Å². The van der Waals surface area contributed by atoms with Crippen molar-refractivity contribution in [2.45, 2.75) is 13.0 Å². The highest BCUT2D eigenvalue weighted by molar-refractivity contribution is 9.10. The molecule has 8 heteroatoms. The van der Waals surface area contributed by atoms with Gasteiger partial charge in [-0.05, 0) is 36.4 Å². The Labute approximate surface area is 163 Å². The van der Waals surface area contributed by atoms with Crippen LogP contribution in [0.3, 0.4) is 0 Å². The van der Waals surface area contributed by atoms with Crippen molar-refractivity contribution in [3.05, 3.63) is 64.6 Å². The Morgan fingerprint density at radius 1 is 1.11 bits per heavy atom. The number of amides is 2. The summed E-state index contributed by atoms with van der Waals surface area (Å²) < 4.78 is 30.0. The molecule has 0 saturated carbocycles. The van der Waals surface area contributed by atoms with E-state index in [1.807, 2.05) is 0 Å². The van der Waals surface area contributed by atoms with E-state index in [4.69, 9.17) is 0 Å². The van der Waals surface area contributed by atoms with Crippen molar-refractivity contribution < 1.29 is 23.1 Å². The zero-order valence-electron chi connectivity index (χ0n) is 14.1. The molecule has 2 rings (SSSR count). The maximum Gasteiger partial charge on any atom is 0.387 e. The van der Waals surface area contributed by atoms with Gasteiger partial charge in [0.15, 0.2) is 0 Å². The smallest absolute Gasteiger partial charge is 0.387 e. The van der Waals surface area contributed by atoms with E-state index in [9.17, 15) is 18.4 Å². The van der Waals surface area contributed by atoms with Crippen LogP contribution >= 0.6 is 15.9 Å². The first-order valence-corrected chi connectivity index (χ1v) is 8.78. The number of hydrogen-bond acceptors (Lipinski definition) is 3. The van der Waals surface area contributed by atoms with Crippen LogP contribution < -0.4 is 15.4 Å². The number of ether oxygens (including phenoxy) is 1. The van der Waals surface area contributed by atoms with Crippen LogP contribution in [0.15, 0.2) is 59.1 Å². The predicted octanol–water partition coefficient (Wildman–Crippen LogP) is 4.21. The lowest BCUT2D eigenvalue weighted by atomic mass is 10.2. The molecule has 2 aromatic carbocycles. The van der Waals surface area contributed by atoms with E-state index in [1.165, 1.54) is 18.2 Å². The zero-order valence-corrected chi connectivity index (χ0v) is 15.7. The average molecular weight is 439 g/mol. The molecule has 0 bridgehead atoms. The maximum absolute atomic E-state index is 12.4. The Kier molecular flexibility index (Phi) is 7.94. The Bertz CT molecular complexity index is 811. The first kappa shape index (κ1) is 20.6. The van der Waals surface area contributed by atoms with Gasteiger partial charge in [-0.15, -0.1) is 0 Å². The molecule has 0 fully saturated rings. The van der Waals surface area contributed by atoms with Crippen LogP contribution in [0.1, 0.15) is 12.0 Å². The number of rotatable bonds is 8. The molecule has 0 unspecified atom stereocenters. The van der Waals surface area contributed by atoms with Gasteiger partial charge in [-0.3, -0.25) is 9.59 Å². The number of hydrogen-bond donors (Lipinski definition) is 2. The standard InChI is InChI=1S/C19H17BrF2N2O3/c20-14-6-8-15(9-7-14)24-18(26)11-12-23-17(25)10-5-13-3-1-2-4-16(13)27-19(21)22/h1-10,19H,11-12H2,(H,23,25)(H,24,26). The number of carbonyl (C=O) groups is 2. The minimum absolute atomic E-state index is 0.0228. The van der Waals surface area contributed by atoms with E-state index >= 15 is 0 Å². The van der Waals surface area contributed by atoms with Gasteiger partial charge < -0.3 is 15.4 Å². The van der Waals surface area contributed by atoms with Crippen LogP contribution in [-0.2, 0) is 9.59 Å². The number of carbonyl (C=O) groups excluding carboxylic acids is 2. The molecule has 2 N–H and O–H groups in total. The fraction of sp³-hybridized carbons (Fsp3) is 0.158. The van der Waals surface area contributed by atoms with Gasteiger partial charge in [0.2, 0.25) is 11.8 Å². The van der Waals surface area contributed by atoms with Crippen molar-refractivity contribution in [1.29, 1.82) is 0 Å². The quantitative estimate of drug-likeness (QED) is 0.606. The van der Waals surface area contributed by atoms with Crippen molar-refractivity contribution in [3.63, 3.8) is 0 Å². The largest absolute Gasteiger partial charge is 0.434 e. The van der Waals surface area contributed by atoms with Gasteiger partial charge in [0.1, 0.15) is 5.75 Å². The van der Waals surface area contributed by atoms with Gasteiger partial charge in [-0.2, -0.15) is 8.78 Å². The molecule has 0 spiro atoms.